The van der Waals surface area contributed by atoms with Crippen LogP contribution in [0.1, 0.15) is 35.2 Å². The number of unbranched alkanes of at least 4 members (excludes halogenated alkanes) is 1. The van der Waals surface area contributed by atoms with E-state index in [0.29, 0.717) is 24.2 Å². The van der Waals surface area contributed by atoms with E-state index in [9.17, 15) is 9.90 Å². The zero-order chi connectivity index (χ0) is 16.5. The van der Waals surface area contributed by atoms with E-state index in [1.165, 1.54) is 0 Å². The molecule has 0 heterocycles. The summed E-state index contributed by atoms with van der Waals surface area (Å²) in [6.07, 6.45) is 2.00. The van der Waals surface area contributed by atoms with Gasteiger partial charge in [0.1, 0.15) is 0 Å². The van der Waals surface area contributed by atoms with Crippen molar-refractivity contribution in [2.45, 2.75) is 25.0 Å². The number of methoxy groups -OCH3 is 1. The number of aliphatic hydroxyl groups is 1. The van der Waals surface area contributed by atoms with Crippen LogP contribution in [0.25, 0.3) is 0 Å². The Morgan fingerprint density at radius 2 is 1.65 bits per heavy atom. The Bertz CT molecular complexity index is 601. The predicted octanol–water partition coefficient (Wildman–Crippen LogP) is 3.08. The van der Waals surface area contributed by atoms with Gasteiger partial charge < -0.3 is 15.2 Å². The molecular weight excluding hydrogens is 290 g/mol. The molecule has 0 spiro atoms. The molecule has 2 aromatic carbocycles. The molecule has 0 saturated heterocycles. The molecular formula is C19H23NO3. The molecule has 0 aliphatic heterocycles. The van der Waals surface area contributed by atoms with Crippen molar-refractivity contribution in [3.63, 3.8) is 0 Å². The smallest absolute Gasteiger partial charge is 0.253 e. The third-order valence-corrected chi connectivity index (χ3v) is 3.74. The standard InChI is InChI=1S/C19H23NO3/c1-23-15-9-8-14-19(22,17-12-6-3-7-13-17)20-18(21)16-10-4-2-5-11-16/h2-7,10-13,22H,8-9,14-15H2,1H3,(H,20,21). The Labute approximate surface area is 137 Å². The average Bonchev–Trinajstić information content (AvgIpc) is 2.60. The maximum Gasteiger partial charge on any atom is 0.253 e. The highest BCUT2D eigenvalue weighted by Gasteiger charge is 2.30. The highest BCUT2D eigenvalue weighted by atomic mass is 16.5. The molecule has 0 fully saturated rings. The van der Waals surface area contributed by atoms with Crippen LogP contribution >= 0.6 is 0 Å². The van der Waals surface area contributed by atoms with E-state index in [2.05, 4.69) is 5.32 Å². The minimum atomic E-state index is -1.39. The number of hydrogen-bond donors (Lipinski definition) is 2. The van der Waals surface area contributed by atoms with Crippen LogP contribution in [0.4, 0.5) is 0 Å². The van der Waals surface area contributed by atoms with Gasteiger partial charge in [0.15, 0.2) is 5.72 Å². The van der Waals surface area contributed by atoms with E-state index in [0.717, 1.165) is 12.8 Å². The second kappa shape index (κ2) is 8.46. The second-order valence-electron chi connectivity index (χ2n) is 5.50. The SMILES string of the molecule is COCCCCC(O)(NC(=O)c1ccccc1)c1ccccc1. The highest BCUT2D eigenvalue weighted by molar-refractivity contribution is 5.94. The Kier molecular flexibility index (Phi) is 6.32. The molecule has 0 radical (unpaired) electrons. The van der Waals surface area contributed by atoms with E-state index in [4.69, 9.17) is 4.74 Å². The van der Waals surface area contributed by atoms with E-state index in [1.54, 1.807) is 31.4 Å². The van der Waals surface area contributed by atoms with Crippen LogP contribution in [0.5, 0.6) is 0 Å². The van der Waals surface area contributed by atoms with Gasteiger partial charge in [-0.3, -0.25) is 4.79 Å². The van der Waals surface area contributed by atoms with Gasteiger partial charge in [0.05, 0.1) is 0 Å². The predicted molar refractivity (Wildman–Crippen MR) is 90.0 cm³/mol. The van der Waals surface area contributed by atoms with Crippen LogP contribution in [0.2, 0.25) is 0 Å². The fourth-order valence-electron chi connectivity index (χ4n) is 2.47. The van der Waals surface area contributed by atoms with Crippen molar-refractivity contribution in [2.75, 3.05) is 13.7 Å². The Morgan fingerprint density at radius 3 is 2.26 bits per heavy atom. The molecule has 2 aromatic rings. The number of amides is 1. The first-order chi connectivity index (χ1) is 11.2. The summed E-state index contributed by atoms with van der Waals surface area (Å²) in [7, 11) is 1.65. The number of nitrogens with one attached hydrogen (secondary N) is 1. The lowest BCUT2D eigenvalue weighted by Crippen LogP contribution is -2.46. The number of hydrogen-bond acceptors (Lipinski definition) is 3. The van der Waals surface area contributed by atoms with Gasteiger partial charge in [-0.05, 0) is 31.4 Å². The normalized spacial score (nSPS) is 13.3. The molecule has 1 unspecified atom stereocenters. The summed E-state index contributed by atoms with van der Waals surface area (Å²) < 4.78 is 5.04. The Hall–Kier alpha value is -2.17. The van der Waals surface area contributed by atoms with Gasteiger partial charge in [0.25, 0.3) is 5.91 Å². The summed E-state index contributed by atoms with van der Waals surface area (Å²) in [6, 6.07) is 18.1. The van der Waals surface area contributed by atoms with Crippen molar-refractivity contribution < 1.29 is 14.6 Å². The molecule has 0 bridgehead atoms. The van der Waals surface area contributed by atoms with Gasteiger partial charge in [-0.2, -0.15) is 0 Å². The largest absolute Gasteiger partial charge is 0.385 e. The molecule has 4 heteroatoms. The van der Waals surface area contributed by atoms with E-state index in [1.807, 2.05) is 36.4 Å². The molecule has 2 rings (SSSR count). The molecule has 0 aliphatic carbocycles. The topological polar surface area (TPSA) is 58.6 Å². The van der Waals surface area contributed by atoms with Gasteiger partial charge in [0, 0.05) is 24.8 Å². The van der Waals surface area contributed by atoms with Gasteiger partial charge >= 0.3 is 0 Å². The monoisotopic (exact) mass is 313 g/mol. The van der Waals surface area contributed by atoms with Crippen molar-refractivity contribution in [1.82, 2.24) is 5.32 Å². The fraction of sp³-hybridized carbons (Fsp3) is 0.316. The number of benzene rings is 2. The van der Waals surface area contributed by atoms with Crippen LogP contribution < -0.4 is 5.32 Å². The summed E-state index contributed by atoms with van der Waals surface area (Å²) >= 11 is 0. The lowest BCUT2D eigenvalue weighted by Gasteiger charge is -2.30. The van der Waals surface area contributed by atoms with Crippen molar-refractivity contribution in [1.29, 1.82) is 0 Å². The molecule has 4 nitrogen and oxygen atoms in total. The lowest BCUT2D eigenvalue weighted by molar-refractivity contribution is -0.00718. The third-order valence-electron chi connectivity index (χ3n) is 3.74. The lowest BCUT2D eigenvalue weighted by atomic mass is 9.96. The quantitative estimate of drug-likeness (QED) is 0.581. The van der Waals surface area contributed by atoms with Crippen molar-refractivity contribution in [2.24, 2.45) is 0 Å². The summed E-state index contributed by atoms with van der Waals surface area (Å²) in [6.45, 7) is 0.636. The van der Waals surface area contributed by atoms with Crippen molar-refractivity contribution >= 4 is 5.91 Å². The van der Waals surface area contributed by atoms with Crippen LogP contribution in [0.15, 0.2) is 60.7 Å². The number of carbonyl (C=O) groups excluding carboxylic acids is 1. The average molecular weight is 313 g/mol. The maximum atomic E-state index is 12.4. The first-order valence-corrected chi connectivity index (χ1v) is 7.80. The number of carbonyl (C=O) groups is 1. The zero-order valence-corrected chi connectivity index (χ0v) is 13.4. The van der Waals surface area contributed by atoms with Crippen LogP contribution in [-0.2, 0) is 10.5 Å². The van der Waals surface area contributed by atoms with Gasteiger partial charge in [-0.1, -0.05) is 48.5 Å². The second-order valence-corrected chi connectivity index (χ2v) is 5.50. The Balaban J connectivity index is 2.14. The van der Waals surface area contributed by atoms with Gasteiger partial charge in [-0.25, -0.2) is 0 Å². The maximum absolute atomic E-state index is 12.4. The molecule has 122 valence electrons. The molecule has 1 amide bonds. The number of rotatable bonds is 8. The molecule has 0 aromatic heterocycles. The van der Waals surface area contributed by atoms with E-state index >= 15 is 0 Å². The highest BCUT2D eigenvalue weighted by Crippen LogP contribution is 2.25. The fourth-order valence-corrected chi connectivity index (χ4v) is 2.47. The minimum absolute atomic E-state index is 0.288. The molecule has 0 saturated carbocycles. The minimum Gasteiger partial charge on any atom is -0.385 e. The summed E-state index contributed by atoms with van der Waals surface area (Å²) in [5, 5.41) is 13.8. The third kappa shape index (κ3) is 4.91. The van der Waals surface area contributed by atoms with Gasteiger partial charge in [-0.15, -0.1) is 0 Å². The van der Waals surface area contributed by atoms with Crippen LogP contribution in [-0.4, -0.2) is 24.7 Å². The van der Waals surface area contributed by atoms with Crippen LogP contribution in [0, 0.1) is 0 Å². The zero-order valence-electron chi connectivity index (χ0n) is 13.4. The van der Waals surface area contributed by atoms with E-state index in [-0.39, 0.29) is 5.91 Å². The van der Waals surface area contributed by atoms with Crippen molar-refractivity contribution in [3.05, 3.63) is 71.8 Å². The summed E-state index contributed by atoms with van der Waals surface area (Å²) in [4.78, 5) is 12.4. The molecule has 1 atom stereocenters. The first-order valence-electron chi connectivity index (χ1n) is 7.80. The molecule has 2 N–H and O–H groups in total. The Morgan fingerprint density at radius 1 is 1.04 bits per heavy atom. The van der Waals surface area contributed by atoms with Crippen LogP contribution in [0.3, 0.4) is 0 Å². The summed E-state index contributed by atoms with van der Waals surface area (Å²) in [5.74, 6) is -0.288. The summed E-state index contributed by atoms with van der Waals surface area (Å²) in [5.41, 5.74) is -0.178. The molecule has 23 heavy (non-hydrogen) atoms. The van der Waals surface area contributed by atoms with Gasteiger partial charge in [0.2, 0.25) is 0 Å². The van der Waals surface area contributed by atoms with Crippen molar-refractivity contribution in [3.8, 4) is 0 Å². The van der Waals surface area contributed by atoms with E-state index < -0.39 is 5.72 Å². The first kappa shape index (κ1) is 17.2. The number of ether oxygens (including phenoxy) is 1. The molecule has 0 aliphatic rings.